The molecular weight excluding hydrogens is 581 g/mol. The fraction of sp³-hybridized carbons (Fsp3) is 0.0476. The molecule has 7 aromatic carbocycles. The SMILES string of the molecule is C#C.c1ccc(CN=C(N=C2COc3ccccc32)c2cccc(-c3ccc4c(c3)c3cccc5sc6cccc4c6c53)c2)cc1. The van der Waals surface area contributed by atoms with Crippen molar-refractivity contribution in [3.05, 3.63) is 150 Å². The molecule has 2 heterocycles. The number of hydrogen-bond acceptors (Lipinski definition) is 3. The molecule has 0 bridgehead atoms. The van der Waals surface area contributed by atoms with Crippen LogP contribution in [0.4, 0.5) is 0 Å². The summed E-state index contributed by atoms with van der Waals surface area (Å²) < 4.78 is 8.63. The lowest BCUT2D eigenvalue weighted by Gasteiger charge is -2.12. The summed E-state index contributed by atoms with van der Waals surface area (Å²) in [7, 11) is 0. The third-order valence-corrected chi connectivity index (χ3v) is 9.75. The van der Waals surface area contributed by atoms with Crippen LogP contribution in [0.2, 0.25) is 0 Å². The van der Waals surface area contributed by atoms with Crippen LogP contribution in [0.3, 0.4) is 0 Å². The average Bonchev–Trinajstić information content (AvgIpc) is 3.72. The van der Waals surface area contributed by atoms with Crippen molar-refractivity contribution in [3.63, 3.8) is 0 Å². The number of nitrogens with zero attached hydrogens (tertiary/aromatic N) is 2. The number of rotatable bonds is 4. The maximum atomic E-state index is 5.94. The normalized spacial score (nSPS) is 13.7. The summed E-state index contributed by atoms with van der Waals surface area (Å²) in [6.45, 7) is 0.994. The van der Waals surface area contributed by atoms with Gasteiger partial charge in [0.25, 0.3) is 0 Å². The van der Waals surface area contributed by atoms with Crippen molar-refractivity contribution in [2.75, 3.05) is 6.61 Å². The molecule has 0 atom stereocenters. The Bertz CT molecular complexity index is 2470. The molecule has 9 rings (SSSR count). The van der Waals surface area contributed by atoms with Crippen molar-refractivity contribution in [2.24, 2.45) is 9.98 Å². The molecule has 0 aliphatic carbocycles. The Balaban J connectivity index is 0.00000153. The summed E-state index contributed by atoms with van der Waals surface area (Å²) >= 11 is 1.88. The first-order valence-corrected chi connectivity index (χ1v) is 16.0. The molecule has 0 saturated heterocycles. The fourth-order valence-electron chi connectivity index (χ4n) is 6.55. The van der Waals surface area contributed by atoms with E-state index in [-0.39, 0.29) is 0 Å². The number of terminal acetylenes is 1. The molecular formula is C42H28N2OS. The standard InChI is InChI=1S/C40H26N2OS.C2H2/c1-2-9-25(10-3-1)23-41-40(42-34-24-43-35-16-5-4-13-32(34)35)28-12-6-11-26(21-28)27-19-20-29-30-14-7-17-36-38(30)39-31(33(29)22-27)15-8-18-37(39)44-36;1-2/h1-22H,23-24H2;1-2H. The molecule has 0 fully saturated rings. The van der Waals surface area contributed by atoms with Crippen LogP contribution in [0.1, 0.15) is 16.7 Å². The first-order valence-electron chi connectivity index (χ1n) is 15.2. The second kappa shape index (κ2) is 11.6. The summed E-state index contributed by atoms with van der Waals surface area (Å²) in [5.74, 6) is 1.58. The van der Waals surface area contributed by atoms with Crippen LogP contribution in [0, 0.1) is 12.8 Å². The van der Waals surface area contributed by atoms with Crippen LogP contribution in [-0.2, 0) is 6.54 Å². The van der Waals surface area contributed by atoms with E-state index < -0.39 is 0 Å². The second-order valence-electron chi connectivity index (χ2n) is 11.3. The van der Waals surface area contributed by atoms with E-state index in [0.29, 0.717) is 19.0 Å². The molecule has 1 aliphatic heterocycles. The van der Waals surface area contributed by atoms with Crippen molar-refractivity contribution in [3.8, 4) is 29.7 Å². The first-order chi connectivity index (χ1) is 22.8. The maximum Gasteiger partial charge on any atom is 0.155 e. The molecule has 3 nitrogen and oxygen atoms in total. The minimum absolute atomic E-state index is 0.442. The van der Waals surface area contributed by atoms with Crippen LogP contribution in [0.25, 0.3) is 52.8 Å². The third-order valence-electron chi connectivity index (χ3n) is 8.63. The maximum absolute atomic E-state index is 5.94. The molecule has 4 heteroatoms. The Morgan fingerprint density at radius 2 is 1.33 bits per heavy atom. The van der Waals surface area contributed by atoms with Gasteiger partial charge in [-0.3, -0.25) is 4.99 Å². The van der Waals surface area contributed by atoms with E-state index in [1.165, 1.54) is 47.3 Å². The minimum Gasteiger partial charge on any atom is -0.487 e. The van der Waals surface area contributed by atoms with Crippen LogP contribution < -0.4 is 4.74 Å². The topological polar surface area (TPSA) is 34.0 Å². The summed E-state index contributed by atoms with van der Waals surface area (Å²) in [6.07, 6.45) is 8.00. The summed E-state index contributed by atoms with van der Waals surface area (Å²) in [5, 5.41) is 8.00. The third kappa shape index (κ3) is 4.70. The Labute approximate surface area is 271 Å². The van der Waals surface area contributed by atoms with Gasteiger partial charge in [0, 0.05) is 31.3 Å². The fourth-order valence-corrected chi connectivity index (χ4v) is 7.71. The lowest BCUT2D eigenvalue weighted by Crippen LogP contribution is -2.08. The van der Waals surface area contributed by atoms with E-state index >= 15 is 0 Å². The van der Waals surface area contributed by atoms with Gasteiger partial charge in [0.05, 0.1) is 12.3 Å². The van der Waals surface area contributed by atoms with Crippen molar-refractivity contribution >= 4 is 64.6 Å². The van der Waals surface area contributed by atoms with Gasteiger partial charge in [-0.15, -0.1) is 24.2 Å². The van der Waals surface area contributed by atoms with E-state index in [0.717, 1.165) is 33.7 Å². The van der Waals surface area contributed by atoms with Gasteiger partial charge in [-0.25, -0.2) is 4.99 Å². The van der Waals surface area contributed by atoms with Gasteiger partial charge < -0.3 is 4.74 Å². The molecule has 0 unspecified atom stereocenters. The summed E-state index contributed by atoms with van der Waals surface area (Å²) in [6, 6.07) is 47.4. The van der Waals surface area contributed by atoms with Crippen LogP contribution in [0.15, 0.2) is 143 Å². The summed E-state index contributed by atoms with van der Waals surface area (Å²) in [4.78, 5) is 10.2. The quantitative estimate of drug-likeness (QED) is 0.0847. The Morgan fingerprint density at radius 3 is 2.13 bits per heavy atom. The molecule has 8 aromatic rings. The zero-order valence-electron chi connectivity index (χ0n) is 25.0. The van der Waals surface area contributed by atoms with E-state index in [1.54, 1.807) is 0 Å². The lowest BCUT2D eigenvalue weighted by atomic mass is 9.92. The highest BCUT2D eigenvalue weighted by Gasteiger charge is 2.20. The van der Waals surface area contributed by atoms with Gasteiger partial charge in [0.1, 0.15) is 12.4 Å². The van der Waals surface area contributed by atoms with E-state index in [4.69, 9.17) is 14.7 Å². The molecule has 0 spiro atoms. The Hall–Kier alpha value is -5.76. The Kier molecular flexibility index (Phi) is 7.02. The van der Waals surface area contributed by atoms with Gasteiger partial charge in [0.15, 0.2) is 5.84 Å². The molecule has 46 heavy (non-hydrogen) atoms. The van der Waals surface area contributed by atoms with Gasteiger partial charge in [-0.1, -0.05) is 97.1 Å². The van der Waals surface area contributed by atoms with E-state index in [1.807, 2.05) is 47.7 Å². The highest BCUT2D eigenvalue weighted by atomic mass is 32.1. The number of amidine groups is 1. The van der Waals surface area contributed by atoms with Crippen molar-refractivity contribution < 1.29 is 4.74 Å². The zero-order chi connectivity index (χ0) is 31.0. The number of thiophene rings is 1. The average molecular weight is 609 g/mol. The lowest BCUT2D eigenvalue weighted by molar-refractivity contribution is 0.393. The van der Waals surface area contributed by atoms with Crippen LogP contribution in [-0.4, -0.2) is 18.2 Å². The number of ether oxygens (including phenoxy) is 1. The Morgan fingerprint density at radius 1 is 0.630 bits per heavy atom. The van der Waals surface area contributed by atoms with Crippen LogP contribution >= 0.6 is 11.3 Å². The highest BCUT2D eigenvalue weighted by molar-refractivity contribution is 7.26. The monoisotopic (exact) mass is 608 g/mol. The largest absolute Gasteiger partial charge is 0.487 e. The molecule has 1 aliphatic rings. The minimum atomic E-state index is 0.442. The number of hydrogen-bond donors (Lipinski definition) is 0. The molecule has 0 radical (unpaired) electrons. The molecule has 0 N–H and O–H groups in total. The molecule has 0 amide bonds. The second-order valence-corrected chi connectivity index (χ2v) is 12.4. The van der Waals surface area contributed by atoms with E-state index in [9.17, 15) is 0 Å². The van der Waals surface area contributed by atoms with Gasteiger partial charge in [0.2, 0.25) is 0 Å². The molecule has 0 saturated carbocycles. The molecule has 1 aromatic heterocycles. The zero-order valence-corrected chi connectivity index (χ0v) is 25.8. The van der Waals surface area contributed by atoms with Crippen molar-refractivity contribution in [1.82, 2.24) is 0 Å². The molecule has 218 valence electrons. The number of aliphatic imine (C=N–C) groups is 2. The summed E-state index contributed by atoms with van der Waals surface area (Å²) in [5.41, 5.74) is 6.39. The number of para-hydroxylation sites is 1. The number of benzene rings is 7. The van der Waals surface area contributed by atoms with Crippen molar-refractivity contribution in [1.29, 1.82) is 0 Å². The van der Waals surface area contributed by atoms with Gasteiger partial charge in [-0.2, -0.15) is 0 Å². The smallest absolute Gasteiger partial charge is 0.155 e. The van der Waals surface area contributed by atoms with Gasteiger partial charge in [-0.05, 0) is 74.6 Å². The highest BCUT2D eigenvalue weighted by Crippen LogP contribution is 2.45. The van der Waals surface area contributed by atoms with Gasteiger partial charge >= 0.3 is 0 Å². The van der Waals surface area contributed by atoms with E-state index in [2.05, 4.69) is 110 Å². The predicted octanol–water partition coefficient (Wildman–Crippen LogP) is 10.5. The number of fused-ring (bicyclic) bond motifs is 4. The van der Waals surface area contributed by atoms with Crippen molar-refractivity contribution in [2.45, 2.75) is 6.54 Å². The van der Waals surface area contributed by atoms with Crippen LogP contribution in [0.5, 0.6) is 5.75 Å². The predicted molar refractivity (Wildman–Crippen MR) is 196 cm³/mol. The first kappa shape index (κ1) is 27.8.